The van der Waals surface area contributed by atoms with Gasteiger partial charge in [0.1, 0.15) is 12.4 Å². The Kier molecular flexibility index (Phi) is 6.83. The summed E-state index contributed by atoms with van der Waals surface area (Å²) in [4.78, 5) is 0. The fourth-order valence-corrected chi connectivity index (χ4v) is 2.58. The maximum atomic E-state index is 5.62. The first-order chi connectivity index (χ1) is 10.3. The Morgan fingerprint density at radius 2 is 2.29 bits per heavy atom. The van der Waals surface area contributed by atoms with E-state index < -0.39 is 0 Å². The van der Waals surface area contributed by atoms with Crippen LogP contribution in [0.25, 0.3) is 0 Å². The van der Waals surface area contributed by atoms with Crippen LogP contribution in [0.3, 0.4) is 0 Å². The normalized spacial score (nSPS) is 15.0. The molecule has 1 aliphatic rings. The van der Waals surface area contributed by atoms with E-state index >= 15 is 0 Å². The largest absolute Gasteiger partial charge is 0.490 e. The summed E-state index contributed by atoms with van der Waals surface area (Å²) in [6.07, 6.45) is 3.26. The van der Waals surface area contributed by atoms with E-state index in [9.17, 15) is 0 Å². The third-order valence-electron chi connectivity index (χ3n) is 3.80. The smallest absolute Gasteiger partial charge is 0.142 e. The van der Waals surface area contributed by atoms with Gasteiger partial charge < -0.3 is 20.1 Å². The fraction of sp³-hybridized carbons (Fsp3) is 0.647. The van der Waals surface area contributed by atoms with Crippen LogP contribution >= 0.6 is 0 Å². The Hall–Kier alpha value is -1.26. The molecule has 0 radical (unpaired) electrons. The third-order valence-corrected chi connectivity index (χ3v) is 3.80. The Morgan fingerprint density at radius 3 is 3.10 bits per heavy atom. The molecule has 0 spiro atoms. The molecule has 21 heavy (non-hydrogen) atoms. The predicted octanol–water partition coefficient (Wildman–Crippen LogP) is 2.83. The minimum Gasteiger partial charge on any atom is -0.490 e. The molecule has 2 rings (SSSR count). The number of anilines is 1. The molecule has 0 saturated heterocycles. The van der Waals surface area contributed by atoms with E-state index in [2.05, 4.69) is 35.8 Å². The summed E-state index contributed by atoms with van der Waals surface area (Å²) in [6, 6.07) is 7.00. The zero-order chi connectivity index (χ0) is 14.9. The molecule has 0 bridgehead atoms. The summed E-state index contributed by atoms with van der Waals surface area (Å²) in [5, 5.41) is 7.02. The number of hydrogen-bond donors (Lipinski definition) is 2. The van der Waals surface area contributed by atoms with Crippen molar-refractivity contribution < 1.29 is 9.47 Å². The highest BCUT2D eigenvalue weighted by Crippen LogP contribution is 2.28. The Balaban J connectivity index is 1.80. The lowest BCUT2D eigenvalue weighted by molar-refractivity contribution is 0.144. The van der Waals surface area contributed by atoms with Crippen LogP contribution in [-0.4, -0.2) is 39.0 Å². The van der Waals surface area contributed by atoms with Gasteiger partial charge in [0.05, 0.1) is 5.69 Å². The Morgan fingerprint density at radius 1 is 1.38 bits per heavy atom. The molecule has 2 N–H and O–H groups in total. The van der Waals surface area contributed by atoms with Gasteiger partial charge in [-0.1, -0.05) is 13.0 Å². The second kappa shape index (κ2) is 8.90. The summed E-state index contributed by atoms with van der Waals surface area (Å²) in [5.41, 5.74) is 2.49. The minimum atomic E-state index is 0.522. The van der Waals surface area contributed by atoms with Gasteiger partial charge in [0.2, 0.25) is 0 Å². The molecule has 0 aliphatic carbocycles. The first kappa shape index (κ1) is 16.1. The van der Waals surface area contributed by atoms with Gasteiger partial charge >= 0.3 is 0 Å². The number of benzene rings is 1. The van der Waals surface area contributed by atoms with Gasteiger partial charge in [0.15, 0.2) is 0 Å². The van der Waals surface area contributed by atoms with Gasteiger partial charge in [0, 0.05) is 25.8 Å². The number of ether oxygens (including phenoxy) is 2. The number of fused-ring (bicyclic) bond motifs is 1. The molecule has 118 valence electrons. The van der Waals surface area contributed by atoms with Crippen molar-refractivity contribution in [3.8, 4) is 5.75 Å². The van der Waals surface area contributed by atoms with E-state index in [1.165, 1.54) is 5.56 Å². The number of nitrogens with one attached hydrogen (secondary N) is 2. The van der Waals surface area contributed by atoms with Crippen LogP contribution in [0, 0.1) is 0 Å². The van der Waals surface area contributed by atoms with Crippen molar-refractivity contribution in [2.45, 2.75) is 39.2 Å². The van der Waals surface area contributed by atoms with Gasteiger partial charge in [-0.25, -0.2) is 0 Å². The van der Waals surface area contributed by atoms with E-state index in [1.54, 1.807) is 0 Å². The molecule has 1 atom stereocenters. The lowest BCUT2D eigenvalue weighted by Crippen LogP contribution is -2.32. The van der Waals surface area contributed by atoms with Crippen LogP contribution in [0.4, 0.5) is 5.69 Å². The molecule has 0 amide bonds. The summed E-state index contributed by atoms with van der Waals surface area (Å²) >= 11 is 0. The standard InChI is InChI=1S/C17H28N2O2/c1-3-15(18-8-5-10-20-4-2)12-14-6-7-17-16(13-14)19-9-11-21-17/h6-7,13,15,18-19H,3-5,8-12H2,1-2H3. The summed E-state index contributed by atoms with van der Waals surface area (Å²) < 4.78 is 11.0. The van der Waals surface area contributed by atoms with Crippen LogP contribution < -0.4 is 15.4 Å². The highest BCUT2D eigenvalue weighted by Gasteiger charge is 2.12. The molecule has 0 saturated carbocycles. The summed E-state index contributed by atoms with van der Waals surface area (Å²) in [7, 11) is 0. The highest BCUT2D eigenvalue weighted by molar-refractivity contribution is 5.59. The number of rotatable bonds is 9. The zero-order valence-electron chi connectivity index (χ0n) is 13.3. The lowest BCUT2D eigenvalue weighted by Gasteiger charge is -2.21. The molecule has 0 aromatic heterocycles. The molecular weight excluding hydrogens is 264 g/mol. The van der Waals surface area contributed by atoms with Gasteiger partial charge in [0.25, 0.3) is 0 Å². The van der Waals surface area contributed by atoms with Gasteiger partial charge in [-0.3, -0.25) is 0 Å². The molecule has 1 unspecified atom stereocenters. The summed E-state index contributed by atoms with van der Waals surface area (Å²) in [5.74, 6) is 0.975. The van der Waals surface area contributed by atoms with E-state index in [-0.39, 0.29) is 0 Å². The van der Waals surface area contributed by atoms with Crippen molar-refractivity contribution in [1.29, 1.82) is 0 Å². The van der Waals surface area contributed by atoms with Gasteiger partial charge in [-0.2, -0.15) is 0 Å². The van der Waals surface area contributed by atoms with Gasteiger partial charge in [-0.15, -0.1) is 0 Å². The third kappa shape index (κ3) is 5.21. The van der Waals surface area contributed by atoms with Crippen molar-refractivity contribution in [2.24, 2.45) is 0 Å². The molecule has 1 aliphatic heterocycles. The SMILES string of the molecule is CCOCCCNC(CC)Cc1ccc2c(c1)NCCO2. The van der Waals surface area contributed by atoms with E-state index in [1.807, 2.05) is 6.92 Å². The van der Waals surface area contributed by atoms with Crippen molar-refractivity contribution in [3.05, 3.63) is 23.8 Å². The number of hydrogen-bond acceptors (Lipinski definition) is 4. The summed E-state index contributed by atoms with van der Waals surface area (Å²) in [6.45, 7) is 8.59. The first-order valence-corrected chi connectivity index (χ1v) is 8.14. The van der Waals surface area contributed by atoms with Crippen LogP contribution in [-0.2, 0) is 11.2 Å². The Bertz CT molecular complexity index is 423. The van der Waals surface area contributed by atoms with Crippen LogP contribution in [0.15, 0.2) is 18.2 Å². The zero-order valence-corrected chi connectivity index (χ0v) is 13.3. The van der Waals surface area contributed by atoms with Crippen molar-refractivity contribution in [1.82, 2.24) is 5.32 Å². The Labute approximate surface area is 128 Å². The predicted molar refractivity (Wildman–Crippen MR) is 87.3 cm³/mol. The van der Waals surface area contributed by atoms with Crippen molar-refractivity contribution >= 4 is 5.69 Å². The lowest BCUT2D eigenvalue weighted by atomic mass is 10.0. The monoisotopic (exact) mass is 292 g/mol. The highest BCUT2D eigenvalue weighted by atomic mass is 16.5. The van der Waals surface area contributed by atoms with Gasteiger partial charge in [-0.05, 0) is 50.4 Å². The van der Waals surface area contributed by atoms with E-state index in [4.69, 9.17) is 9.47 Å². The topological polar surface area (TPSA) is 42.5 Å². The molecule has 1 aromatic rings. The van der Waals surface area contributed by atoms with E-state index in [0.29, 0.717) is 6.04 Å². The van der Waals surface area contributed by atoms with Crippen LogP contribution in [0.2, 0.25) is 0 Å². The minimum absolute atomic E-state index is 0.522. The molecule has 0 fully saturated rings. The second-order valence-electron chi connectivity index (χ2n) is 5.42. The average molecular weight is 292 g/mol. The quantitative estimate of drug-likeness (QED) is 0.687. The second-order valence-corrected chi connectivity index (χ2v) is 5.42. The van der Waals surface area contributed by atoms with E-state index in [0.717, 1.165) is 63.6 Å². The molecule has 4 nitrogen and oxygen atoms in total. The van der Waals surface area contributed by atoms with Crippen molar-refractivity contribution in [2.75, 3.05) is 38.2 Å². The fourth-order valence-electron chi connectivity index (χ4n) is 2.58. The molecule has 4 heteroatoms. The van der Waals surface area contributed by atoms with Crippen LogP contribution in [0.1, 0.15) is 32.3 Å². The average Bonchev–Trinajstić information content (AvgIpc) is 2.53. The van der Waals surface area contributed by atoms with Crippen molar-refractivity contribution in [3.63, 3.8) is 0 Å². The molecule has 1 heterocycles. The molecule has 1 aromatic carbocycles. The first-order valence-electron chi connectivity index (χ1n) is 8.14. The van der Waals surface area contributed by atoms with Crippen LogP contribution in [0.5, 0.6) is 5.75 Å². The molecular formula is C17H28N2O2. The maximum Gasteiger partial charge on any atom is 0.142 e. The maximum absolute atomic E-state index is 5.62.